The Morgan fingerprint density at radius 2 is 1.94 bits per heavy atom. The standard InChI is InChI=1S/C24H18F2N4O/c1-2-19-9-7-17(20-10-8-18(25)12-21(20)26)11-23-28-22(13-24(31)30(23)29-19)16-5-3-15(14-27)4-6-16/h3-13,23,28H,2H2,1H3/b9-7?,17-11-,29-19?. The number of amides is 1. The number of carbonyl (C=O) groups is 1. The molecule has 2 aliphatic rings. The molecule has 1 atom stereocenters. The lowest BCUT2D eigenvalue weighted by Crippen LogP contribution is -2.48. The first kappa shape index (κ1) is 20.2. The maximum atomic E-state index is 14.5. The van der Waals surface area contributed by atoms with Crippen molar-refractivity contribution in [3.63, 3.8) is 0 Å². The van der Waals surface area contributed by atoms with Gasteiger partial charge in [-0.15, -0.1) is 0 Å². The molecule has 0 aromatic heterocycles. The van der Waals surface area contributed by atoms with E-state index in [0.717, 1.165) is 11.6 Å². The van der Waals surface area contributed by atoms with Gasteiger partial charge in [-0.2, -0.15) is 10.4 Å². The number of nitriles is 1. The molecule has 1 amide bonds. The fourth-order valence-electron chi connectivity index (χ4n) is 3.38. The molecule has 2 aromatic carbocycles. The van der Waals surface area contributed by atoms with Gasteiger partial charge in [-0.3, -0.25) is 4.79 Å². The molecule has 0 fully saturated rings. The van der Waals surface area contributed by atoms with E-state index in [1.165, 1.54) is 23.2 Å². The minimum Gasteiger partial charge on any atom is -0.360 e. The molecule has 0 aliphatic carbocycles. The van der Waals surface area contributed by atoms with Crippen LogP contribution in [0.1, 0.15) is 30.0 Å². The summed E-state index contributed by atoms with van der Waals surface area (Å²) in [5.41, 5.74) is 3.16. The summed E-state index contributed by atoms with van der Waals surface area (Å²) in [6.45, 7) is 1.90. The predicted molar refractivity (Wildman–Crippen MR) is 114 cm³/mol. The Balaban J connectivity index is 1.78. The number of carbonyl (C=O) groups excluding carboxylic acids is 1. The largest absolute Gasteiger partial charge is 0.360 e. The van der Waals surface area contributed by atoms with Crippen LogP contribution >= 0.6 is 0 Å². The molecule has 7 heteroatoms. The third kappa shape index (κ3) is 4.14. The van der Waals surface area contributed by atoms with Crippen LogP contribution in [-0.2, 0) is 4.79 Å². The van der Waals surface area contributed by atoms with Gasteiger partial charge in [0.05, 0.1) is 17.3 Å². The molecule has 1 unspecified atom stereocenters. The molecule has 154 valence electrons. The zero-order valence-electron chi connectivity index (χ0n) is 16.6. The number of hydrazone groups is 1. The monoisotopic (exact) mass is 416 g/mol. The van der Waals surface area contributed by atoms with Crippen molar-refractivity contribution in [3.05, 3.63) is 95.1 Å². The van der Waals surface area contributed by atoms with Gasteiger partial charge in [-0.05, 0) is 54.0 Å². The van der Waals surface area contributed by atoms with Crippen molar-refractivity contribution in [2.45, 2.75) is 19.5 Å². The maximum absolute atomic E-state index is 14.5. The Labute approximate surface area is 178 Å². The zero-order chi connectivity index (χ0) is 22.0. The van der Waals surface area contributed by atoms with Crippen LogP contribution in [0.25, 0.3) is 11.3 Å². The fourth-order valence-corrected chi connectivity index (χ4v) is 3.38. The van der Waals surface area contributed by atoms with E-state index < -0.39 is 17.8 Å². The highest BCUT2D eigenvalue weighted by atomic mass is 19.1. The maximum Gasteiger partial charge on any atom is 0.271 e. The first-order valence-corrected chi connectivity index (χ1v) is 9.73. The molecule has 2 aromatic rings. The van der Waals surface area contributed by atoms with Crippen LogP contribution in [0.3, 0.4) is 0 Å². The van der Waals surface area contributed by atoms with E-state index in [1.54, 1.807) is 42.5 Å². The van der Waals surface area contributed by atoms with Gasteiger partial charge in [0, 0.05) is 23.4 Å². The second-order valence-corrected chi connectivity index (χ2v) is 7.04. The fraction of sp³-hybridized carbons (Fsp3) is 0.125. The first-order valence-electron chi connectivity index (χ1n) is 9.73. The molecule has 0 saturated carbocycles. The first-order chi connectivity index (χ1) is 15.0. The van der Waals surface area contributed by atoms with Crippen molar-refractivity contribution < 1.29 is 13.6 Å². The van der Waals surface area contributed by atoms with Crippen LogP contribution < -0.4 is 5.32 Å². The summed E-state index contributed by atoms with van der Waals surface area (Å²) in [6, 6.07) is 12.3. The quantitative estimate of drug-likeness (QED) is 0.809. The number of hydrogen-bond donors (Lipinski definition) is 1. The van der Waals surface area contributed by atoms with Crippen LogP contribution in [0.4, 0.5) is 8.78 Å². The summed E-state index contributed by atoms with van der Waals surface area (Å²) in [6.07, 6.45) is 6.43. The van der Waals surface area contributed by atoms with Crippen molar-refractivity contribution in [1.29, 1.82) is 5.26 Å². The van der Waals surface area contributed by atoms with Gasteiger partial charge in [0.2, 0.25) is 0 Å². The number of nitrogens with zero attached hydrogens (tertiary/aromatic N) is 3. The zero-order valence-corrected chi connectivity index (χ0v) is 16.6. The minimum absolute atomic E-state index is 0.221. The highest BCUT2D eigenvalue weighted by Crippen LogP contribution is 2.27. The number of benzene rings is 2. The van der Waals surface area contributed by atoms with Crippen LogP contribution in [0.15, 0.2) is 71.9 Å². The number of rotatable bonds is 3. The third-order valence-corrected chi connectivity index (χ3v) is 5.02. The van der Waals surface area contributed by atoms with Crippen molar-refractivity contribution in [2.75, 3.05) is 0 Å². The van der Waals surface area contributed by atoms with Crippen LogP contribution in [0.2, 0.25) is 0 Å². The summed E-state index contributed by atoms with van der Waals surface area (Å²) in [5.74, 6) is -1.69. The van der Waals surface area contributed by atoms with Gasteiger partial charge < -0.3 is 5.32 Å². The van der Waals surface area contributed by atoms with Gasteiger partial charge in [0.1, 0.15) is 17.8 Å². The summed E-state index contributed by atoms with van der Waals surface area (Å²) >= 11 is 0. The Kier molecular flexibility index (Phi) is 5.46. The molecule has 5 nitrogen and oxygen atoms in total. The molecule has 0 bridgehead atoms. The van der Waals surface area contributed by atoms with Crippen molar-refractivity contribution in [2.24, 2.45) is 5.10 Å². The second-order valence-electron chi connectivity index (χ2n) is 7.04. The minimum atomic E-state index is -0.692. The molecular weight excluding hydrogens is 398 g/mol. The van der Waals surface area contributed by atoms with Gasteiger partial charge in [0.25, 0.3) is 5.91 Å². The van der Waals surface area contributed by atoms with E-state index in [0.29, 0.717) is 29.0 Å². The average molecular weight is 416 g/mol. The van der Waals surface area contributed by atoms with Crippen LogP contribution in [0, 0.1) is 23.0 Å². The smallest absolute Gasteiger partial charge is 0.271 e. The number of hydrogen-bond acceptors (Lipinski definition) is 4. The number of halogens is 2. The van der Waals surface area contributed by atoms with Gasteiger partial charge in [0.15, 0.2) is 0 Å². The number of nitrogens with one attached hydrogen (secondary N) is 1. The highest BCUT2D eigenvalue weighted by molar-refractivity contribution is 6.01. The molecule has 0 radical (unpaired) electrons. The molecular formula is C24H18F2N4O. The highest BCUT2D eigenvalue weighted by Gasteiger charge is 2.29. The van der Waals surface area contributed by atoms with Crippen molar-refractivity contribution >= 4 is 22.9 Å². The molecule has 0 saturated heterocycles. The normalized spacial score (nSPS) is 19.7. The lowest BCUT2D eigenvalue weighted by atomic mass is 10.0. The van der Waals surface area contributed by atoms with E-state index in [2.05, 4.69) is 16.5 Å². The molecule has 1 N–H and O–H groups in total. The van der Waals surface area contributed by atoms with E-state index >= 15 is 0 Å². The Hall–Kier alpha value is -4.05. The SMILES string of the molecule is CCC1=NN2C(=O)C=C(c3ccc(C#N)cc3)NC2/C=C(\c2ccc(F)cc2F)C=C1. The van der Waals surface area contributed by atoms with Crippen LogP contribution in [-0.4, -0.2) is 22.8 Å². The molecule has 0 spiro atoms. The van der Waals surface area contributed by atoms with E-state index in [-0.39, 0.29) is 11.5 Å². The number of fused-ring (bicyclic) bond motifs is 1. The molecule has 2 heterocycles. The second kappa shape index (κ2) is 8.36. The van der Waals surface area contributed by atoms with Gasteiger partial charge in [-0.25, -0.2) is 13.8 Å². The lowest BCUT2D eigenvalue weighted by molar-refractivity contribution is -0.128. The molecule has 4 rings (SSSR count). The molecule has 2 aliphatic heterocycles. The third-order valence-electron chi connectivity index (χ3n) is 5.02. The Morgan fingerprint density at radius 3 is 2.61 bits per heavy atom. The topological polar surface area (TPSA) is 68.5 Å². The summed E-state index contributed by atoms with van der Waals surface area (Å²) in [4.78, 5) is 12.9. The average Bonchev–Trinajstić information content (AvgIpc) is 2.75. The van der Waals surface area contributed by atoms with Gasteiger partial charge in [-0.1, -0.05) is 25.1 Å². The van der Waals surface area contributed by atoms with Crippen LogP contribution in [0.5, 0.6) is 0 Å². The Bertz CT molecular complexity index is 1200. The predicted octanol–water partition coefficient (Wildman–Crippen LogP) is 4.35. The summed E-state index contributed by atoms with van der Waals surface area (Å²) in [5, 5.41) is 18.0. The van der Waals surface area contributed by atoms with Gasteiger partial charge >= 0.3 is 0 Å². The summed E-state index contributed by atoms with van der Waals surface area (Å²) in [7, 11) is 0. The lowest BCUT2D eigenvalue weighted by Gasteiger charge is -2.33. The van der Waals surface area contributed by atoms with Crippen molar-refractivity contribution in [3.8, 4) is 6.07 Å². The van der Waals surface area contributed by atoms with E-state index in [1.807, 2.05) is 6.92 Å². The molecule has 31 heavy (non-hydrogen) atoms. The van der Waals surface area contributed by atoms with E-state index in [4.69, 9.17) is 5.26 Å². The van der Waals surface area contributed by atoms with E-state index in [9.17, 15) is 13.6 Å². The van der Waals surface area contributed by atoms with Crippen molar-refractivity contribution in [1.82, 2.24) is 10.3 Å². The Morgan fingerprint density at radius 1 is 1.16 bits per heavy atom. The number of allylic oxidation sites excluding steroid dienone is 3. The summed E-state index contributed by atoms with van der Waals surface area (Å²) < 4.78 is 27.9.